The van der Waals surface area contributed by atoms with E-state index >= 15 is 0 Å². The van der Waals surface area contributed by atoms with Crippen molar-refractivity contribution in [3.8, 4) is 11.1 Å². The van der Waals surface area contributed by atoms with Crippen molar-refractivity contribution >= 4 is 34.4 Å². The van der Waals surface area contributed by atoms with Crippen LogP contribution in [0.15, 0.2) is 116 Å². The minimum absolute atomic E-state index is 0.0144. The predicted molar refractivity (Wildman–Crippen MR) is 156 cm³/mol. The number of anilines is 2. The minimum Gasteiger partial charge on any atom is -0.340 e. The van der Waals surface area contributed by atoms with Gasteiger partial charge in [-0.2, -0.15) is 0 Å². The lowest BCUT2D eigenvalue weighted by atomic mass is 10.0. The molecule has 0 unspecified atom stereocenters. The summed E-state index contributed by atoms with van der Waals surface area (Å²) in [5, 5.41) is 4.36. The number of benzene rings is 4. The lowest BCUT2D eigenvalue weighted by Crippen LogP contribution is -2.29. The third kappa shape index (κ3) is 6.13. The first-order chi connectivity index (χ1) is 18.7. The van der Waals surface area contributed by atoms with Gasteiger partial charge < -0.3 is 10.2 Å². The maximum absolute atomic E-state index is 13.0. The van der Waals surface area contributed by atoms with Crippen LogP contribution in [-0.4, -0.2) is 27.3 Å². The summed E-state index contributed by atoms with van der Waals surface area (Å²) in [6.45, 7) is 3.34. The van der Waals surface area contributed by atoms with Crippen molar-refractivity contribution in [1.82, 2.24) is 14.9 Å². The standard InChI is InChI=1S/C33H30N4O/c1-2-20-37(32(38)19-16-25-10-5-3-6-11-25)23-26-12-9-13-27(21-26)28-17-18-31-30(22-28)33(35-24-34-31)36-29-14-7-4-8-15-29/h3-19,21-22,24H,2,20,23H2,1H3,(H,34,35,36)/b19-16+. The van der Waals surface area contributed by atoms with E-state index in [0.29, 0.717) is 13.1 Å². The summed E-state index contributed by atoms with van der Waals surface area (Å²) in [4.78, 5) is 23.9. The Kier molecular flexibility index (Phi) is 7.85. The summed E-state index contributed by atoms with van der Waals surface area (Å²) in [7, 11) is 0. The van der Waals surface area contributed by atoms with Gasteiger partial charge in [0.2, 0.25) is 5.91 Å². The summed E-state index contributed by atoms with van der Waals surface area (Å²) in [6, 6.07) is 34.5. The summed E-state index contributed by atoms with van der Waals surface area (Å²) in [5.41, 5.74) is 6.11. The summed E-state index contributed by atoms with van der Waals surface area (Å²) in [6.07, 6.45) is 6.02. The molecule has 188 valence electrons. The predicted octanol–water partition coefficient (Wildman–Crippen LogP) is 7.49. The second-order valence-electron chi connectivity index (χ2n) is 9.15. The van der Waals surface area contributed by atoms with Gasteiger partial charge in [0.05, 0.1) is 5.52 Å². The molecule has 0 bridgehead atoms. The van der Waals surface area contributed by atoms with Crippen LogP contribution in [0.3, 0.4) is 0 Å². The topological polar surface area (TPSA) is 58.1 Å². The second kappa shape index (κ2) is 12.0. The fourth-order valence-corrected chi connectivity index (χ4v) is 4.44. The summed E-state index contributed by atoms with van der Waals surface area (Å²) >= 11 is 0. The van der Waals surface area contributed by atoms with E-state index in [1.807, 2.05) is 83.8 Å². The number of para-hydroxylation sites is 1. The Bertz CT molecular complexity index is 1550. The van der Waals surface area contributed by atoms with E-state index in [9.17, 15) is 4.79 Å². The fourth-order valence-electron chi connectivity index (χ4n) is 4.44. The van der Waals surface area contributed by atoms with Crippen LogP contribution in [0.2, 0.25) is 0 Å². The molecule has 0 saturated heterocycles. The van der Waals surface area contributed by atoms with Gasteiger partial charge in [-0.15, -0.1) is 0 Å². The average Bonchev–Trinajstić information content (AvgIpc) is 2.97. The Balaban J connectivity index is 1.39. The number of hydrogen-bond acceptors (Lipinski definition) is 4. The van der Waals surface area contributed by atoms with Gasteiger partial charge >= 0.3 is 0 Å². The zero-order chi connectivity index (χ0) is 26.2. The van der Waals surface area contributed by atoms with Gasteiger partial charge in [0, 0.05) is 30.2 Å². The Labute approximate surface area is 223 Å². The van der Waals surface area contributed by atoms with E-state index in [1.165, 1.54) is 0 Å². The van der Waals surface area contributed by atoms with Gasteiger partial charge in [-0.3, -0.25) is 4.79 Å². The number of fused-ring (bicyclic) bond motifs is 1. The van der Waals surface area contributed by atoms with Crippen molar-refractivity contribution in [2.45, 2.75) is 19.9 Å². The maximum atomic E-state index is 13.0. The Morgan fingerprint density at radius 3 is 2.39 bits per heavy atom. The van der Waals surface area contributed by atoms with Gasteiger partial charge in [-0.05, 0) is 65.1 Å². The summed E-state index contributed by atoms with van der Waals surface area (Å²) < 4.78 is 0. The molecule has 1 aromatic heterocycles. The molecule has 5 heteroatoms. The third-order valence-corrected chi connectivity index (χ3v) is 6.33. The minimum atomic E-state index is 0.0144. The molecule has 4 aromatic carbocycles. The first kappa shape index (κ1) is 24.9. The quantitative estimate of drug-likeness (QED) is 0.214. The molecule has 1 amide bonds. The van der Waals surface area contributed by atoms with Crippen LogP contribution < -0.4 is 5.32 Å². The van der Waals surface area contributed by atoms with Crippen molar-refractivity contribution in [2.75, 3.05) is 11.9 Å². The van der Waals surface area contributed by atoms with E-state index in [4.69, 9.17) is 0 Å². The van der Waals surface area contributed by atoms with Crippen LogP contribution in [0.25, 0.3) is 28.1 Å². The highest BCUT2D eigenvalue weighted by molar-refractivity contribution is 5.94. The largest absolute Gasteiger partial charge is 0.340 e. The van der Waals surface area contributed by atoms with Crippen LogP contribution >= 0.6 is 0 Å². The third-order valence-electron chi connectivity index (χ3n) is 6.33. The number of carbonyl (C=O) groups is 1. The molecule has 5 rings (SSSR count). The second-order valence-corrected chi connectivity index (χ2v) is 9.15. The number of hydrogen-bond donors (Lipinski definition) is 1. The number of amides is 1. The molecule has 0 fully saturated rings. The van der Waals surface area contributed by atoms with Crippen molar-refractivity contribution in [3.63, 3.8) is 0 Å². The van der Waals surface area contributed by atoms with Crippen LogP contribution in [-0.2, 0) is 11.3 Å². The monoisotopic (exact) mass is 498 g/mol. The number of nitrogens with zero attached hydrogens (tertiary/aromatic N) is 3. The molecule has 0 atom stereocenters. The van der Waals surface area contributed by atoms with Crippen LogP contribution in [0.1, 0.15) is 24.5 Å². The van der Waals surface area contributed by atoms with Crippen LogP contribution in [0, 0.1) is 0 Å². The van der Waals surface area contributed by atoms with Crippen molar-refractivity contribution < 1.29 is 4.79 Å². The van der Waals surface area contributed by atoms with E-state index in [-0.39, 0.29) is 5.91 Å². The molecule has 38 heavy (non-hydrogen) atoms. The molecule has 0 aliphatic heterocycles. The summed E-state index contributed by atoms with van der Waals surface area (Å²) in [5.74, 6) is 0.782. The Hall–Kier alpha value is -4.77. The highest BCUT2D eigenvalue weighted by atomic mass is 16.2. The number of aromatic nitrogens is 2. The number of nitrogens with one attached hydrogen (secondary N) is 1. The molecule has 0 aliphatic carbocycles. The number of carbonyl (C=O) groups excluding carboxylic acids is 1. The Morgan fingerprint density at radius 2 is 1.61 bits per heavy atom. The Morgan fingerprint density at radius 1 is 0.842 bits per heavy atom. The van der Waals surface area contributed by atoms with Gasteiger partial charge in [-0.25, -0.2) is 9.97 Å². The van der Waals surface area contributed by atoms with E-state index < -0.39 is 0 Å². The molecule has 5 nitrogen and oxygen atoms in total. The van der Waals surface area contributed by atoms with Crippen molar-refractivity contribution in [2.24, 2.45) is 0 Å². The maximum Gasteiger partial charge on any atom is 0.246 e. The highest BCUT2D eigenvalue weighted by Gasteiger charge is 2.12. The fraction of sp³-hybridized carbons (Fsp3) is 0.121. The van der Waals surface area contributed by atoms with Crippen molar-refractivity contribution in [1.29, 1.82) is 0 Å². The normalized spacial score (nSPS) is 11.1. The van der Waals surface area contributed by atoms with E-state index in [0.717, 1.165) is 51.1 Å². The molecule has 1 N–H and O–H groups in total. The first-order valence-corrected chi connectivity index (χ1v) is 12.9. The van der Waals surface area contributed by atoms with Gasteiger partial charge in [0.25, 0.3) is 0 Å². The van der Waals surface area contributed by atoms with E-state index in [2.05, 4.69) is 52.5 Å². The average molecular weight is 499 g/mol. The molecule has 0 radical (unpaired) electrons. The molecule has 0 spiro atoms. The molecule has 5 aromatic rings. The molecular weight excluding hydrogens is 468 g/mol. The number of rotatable bonds is 9. The molecular formula is C33H30N4O. The smallest absolute Gasteiger partial charge is 0.246 e. The van der Waals surface area contributed by atoms with E-state index in [1.54, 1.807) is 12.4 Å². The van der Waals surface area contributed by atoms with Gasteiger partial charge in [0.15, 0.2) is 0 Å². The van der Waals surface area contributed by atoms with Crippen molar-refractivity contribution in [3.05, 3.63) is 127 Å². The van der Waals surface area contributed by atoms with Gasteiger partial charge in [0.1, 0.15) is 12.1 Å². The first-order valence-electron chi connectivity index (χ1n) is 12.9. The lowest BCUT2D eigenvalue weighted by molar-refractivity contribution is -0.126. The highest BCUT2D eigenvalue weighted by Crippen LogP contribution is 2.29. The molecule has 0 aliphatic rings. The van der Waals surface area contributed by atoms with Crippen LogP contribution in [0.4, 0.5) is 11.5 Å². The van der Waals surface area contributed by atoms with Gasteiger partial charge in [-0.1, -0.05) is 79.7 Å². The molecule has 1 heterocycles. The van der Waals surface area contributed by atoms with Crippen LogP contribution in [0.5, 0.6) is 0 Å². The zero-order valence-electron chi connectivity index (χ0n) is 21.4. The molecule has 0 saturated carbocycles. The zero-order valence-corrected chi connectivity index (χ0v) is 21.4. The lowest BCUT2D eigenvalue weighted by Gasteiger charge is -2.21. The SMILES string of the molecule is CCCN(Cc1cccc(-c2ccc3ncnc(Nc4ccccc4)c3c2)c1)C(=O)/C=C/c1ccccc1.